The van der Waals surface area contributed by atoms with Crippen LogP contribution < -0.4 is 13.1 Å². The molecule has 0 saturated carbocycles. The molecule has 0 heterocycles. The molecule has 0 saturated heterocycles. The first kappa shape index (κ1) is 17.2. The molecule has 0 amide bonds. The van der Waals surface area contributed by atoms with Crippen LogP contribution in [0.25, 0.3) is 0 Å². The minimum absolute atomic E-state index is 0.128. The van der Waals surface area contributed by atoms with Crippen LogP contribution in [-0.2, 0) is 0 Å². The van der Waals surface area contributed by atoms with E-state index in [4.69, 9.17) is 0 Å². The Kier molecular flexibility index (Phi) is 5.12. The predicted molar refractivity (Wildman–Crippen MR) is 91.5 cm³/mol. The molecule has 0 fully saturated rings. The van der Waals surface area contributed by atoms with E-state index in [0.717, 1.165) is 8.70 Å². The predicted octanol–water partition coefficient (Wildman–Crippen LogP) is 3.52. The van der Waals surface area contributed by atoms with E-state index >= 15 is 0 Å². The van der Waals surface area contributed by atoms with Crippen molar-refractivity contribution >= 4 is 43.6 Å². The van der Waals surface area contributed by atoms with Crippen LogP contribution in [0.5, 0.6) is 0 Å². The summed E-state index contributed by atoms with van der Waals surface area (Å²) in [4.78, 5) is 0. The van der Waals surface area contributed by atoms with E-state index < -0.39 is 37.9 Å². The molecule has 0 N–H and O–H groups in total. The molecule has 0 aliphatic carbocycles. The quantitative estimate of drug-likeness (QED) is 0.245. The van der Waals surface area contributed by atoms with Crippen LogP contribution in [0, 0.1) is 23.3 Å². The summed E-state index contributed by atoms with van der Waals surface area (Å²) in [5, 5.41) is 0. The topological polar surface area (TPSA) is 0 Å². The van der Waals surface area contributed by atoms with Gasteiger partial charge in [0, 0.05) is 0 Å². The number of rotatable bonds is 3. The summed E-state index contributed by atoms with van der Waals surface area (Å²) < 4.78 is 57.0. The van der Waals surface area contributed by atoms with E-state index in [2.05, 4.69) is 15.9 Å². The van der Waals surface area contributed by atoms with Gasteiger partial charge in [-0.1, -0.05) is 0 Å². The minimum atomic E-state index is -2.62. The van der Waals surface area contributed by atoms with Gasteiger partial charge in [0.15, 0.2) is 0 Å². The average Bonchev–Trinajstić information content (AvgIpc) is 2.63. The molecule has 3 rings (SSSR count). The molecular weight excluding hydrogens is 447 g/mol. The Hall–Kier alpha value is -1.58. The van der Waals surface area contributed by atoms with Crippen molar-refractivity contribution in [2.45, 2.75) is 0 Å². The maximum absolute atomic E-state index is 14.5. The maximum atomic E-state index is 14.5. The molecule has 6 heteroatoms. The number of benzene rings is 3. The molecule has 0 spiro atoms. The van der Waals surface area contributed by atoms with E-state index in [1.807, 2.05) is 0 Å². The molecule has 0 aliphatic rings. The van der Waals surface area contributed by atoms with E-state index in [1.165, 1.54) is 0 Å². The normalized spacial score (nSPS) is 11.1. The van der Waals surface area contributed by atoms with Gasteiger partial charge in [-0.15, -0.1) is 0 Å². The van der Waals surface area contributed by atoms with Crippen molar-refractivity contribution in [1.82, 2.24) is 0 Å². The van der Waals surface area contributed by atoms with Crippen LogP contribution >= 0.6 is 15.9 Å². The third kappa shape index (κ3) is 3.03. The van der Waals surface area contributed by atoms with Crippen LogP contribution in [-0.4, -0.2) is 14.7 Å². The van der Waals surface area contributed by atoms with Gasteiger partial charge < -0.3 is 0 Å². The Morgan fingerprint density at radius 2 is 1.00 bits per heavy atom. The van der Waals surface area contributed by atoms with Crippen molar-refractivity contribution in [1.29, 1.82) is 0 Å². The van der Waals surface area contributed by atoms with E-state index in [9.17, 15) is 17.6 Å². The molecule has 24 heavy (non-hydrogen) atoms. The van der Waals surface area contributed by atoms with Gasteiger partial charge in [-0.05, 0) is 0 Å². The molecule has 3 aromatic rings. The Bertz CT molecular complexity index is 801. The van der Waals surface area contributed by atoms with Gasteiger partial charge in [-0.3, -0.25) is 0 Å². The molecule has 0 unspecified atom stereocenters. The Balaban J connectivity index is 2.33. The zero-order chi connectivity index (χ0) is 17.3. The van der Waals surface area contributed by atoms with Crippen molar-refractivity contribution in [3.8, 4) is 0 Å². The van der Waals surface area contributed by atoms with Crippen LogP contribution in [0.4, 0.5) is 17.6 Å². The summed E-state index contributed by atoms with van der Waals surface area (Å²) in [5.41, 5.74) is 0. The summed E-state index contributed by atoms with van der Waals surface area (Å²) in [6.45, 7) is 0. The molecule has 3 aromatic carbocycles. The Labute approximate surface area is 149 Å². The zero-order valence-corrected chi connectivity index (χ0v) is 15.6. The van der Waals surface area contributed by atoms with Gasteiger partial charge >= 0.3 is 150 Å². The first-order valence-electron chi connectivity index (χ1n) is 6.94. The summed E-state index contributed by atoms with van der Waals surface area (Å²) in [7, 11) is 0. The molecule has 0 aromatic heterocycles. The van der Waals surface area contributed by atoms with Gasteiger partial charge in [-0.25, -0.2) is 0 Å². The molecule has 0 bridgehead atoms. The van der Waals surface area contributed by atoms with Gasteiger partial charge in [0.1, 0.15) is 0 Å². The van der Waals surface area contributed by atoms with Crippen LogP contribution in [0.15, 0.2) is 65.1 Å². The standard InChI is InChI=1S/C18H10AsBrF4/c20-14-13(15(21)17(23)18(24)16(14)22)19(11-7-3-1-4-8-11)12-9-5-2-6-10-12/h1-10H. The summed E-state index contributed by atoms with van der Waals surface area (Å²) in [6, 6.07) is 17.9. The molecule has 0 atom stereocenters. The summed E-state index contributed by atoms with van der Waals surface area (Å²) in [5.74, 6) is -6.33. The van der Waals surface area contributed by atoms with Crippen molar-refractivity contribution in [3.05, 3.63) is 88.4 Å². The average molecular weight is 457 g/mol. The second-order valence-corrected chi connectivity index (χ2v) is 10.2. The zero-order valence-electron chi connectivity index (χ0n) is 12.1. The number of hydrogen-bond acceptors (Lipinski definition) is 0. The fourth-order valence-corrected chi connectivity index (χ4v) is 8.54. The van der Waals surface area contributed by atoms with E-state index in [1.54, 1.807) is 60.7 Å². The van der Waals surface area contributed by atoms with E-state index in [-0.39, 0.29) is 8.82 Å². The summed E-state index contributed by atoms with van der Waals surface area (Å²) >= 11 is 0.306. The van der Waals surface area contributed by atoms with Crippen molar-refractivity contribution in [2.75, 3.05) is 0 Å². The van der Waals surface area contributed by atoms with Crippen LogP contribution in [0.2, 0.25) is 0 Å². The van der Waals surface area contributed by atoms with Crippen LogP contribution in [0.1, 0.15) is 0 Å². The van der Waals surface area contributed by atoms with Gasteiger partial charge in [0.05, 0.1) is 0 Å². The summed E-state index contributed by atoms with van der Waals surface area (Å²) in [6.07, 6.45) is 0. The number of halogens is 5. The fraction of sp³-hybridized carbons (Fsp3) is 0. The third-order valence-electron chi connectivity index (χ3n) is 3.44. The number of hydrogen-bond donors (Lipinski definition) is 0. The Morgan fingerprint density at radius 1 is 0.583 bits per heavy atom. The third-order valence-corrected chi connectivity index (χ3v) is 10.1. The molecule has 0 aliphatic heterocycles. The fourth-order valence-electron chi connectivity index (χ4n) is 2.35. The Morgan fingerprint density at radius 3 is 1.46 bits per heavy atom. The van der Waals surface area contributed by atoms with Crippen molar-refractivity contribution < 1.29 is 17.6 Å². The molecular formula is C18H10AsBrF4. The first-order valence-corrected chi connectivity index (χ1v) is 10.5. The molecule has 0 radical (unpaired) electrons. The van der Waals surface area contributed by atoms with Crippen molar-refractivity contribution in [3.63, 3.8) is 0 Å². The van der Waals surface area contributed by atoms with Gasteiger partial charge in [0.25, 0.3) is 0 Å². The second kappa shape index (κ2) is 7.12. The monoisotopic (exact) mass is 456 g/mol. The second-order valence-electron chi connectivity index (χ2n) is 4.93. The van der Waals surface area contributed by atoms with Crippen LogP contribution in [0.3, 0.4) is 0 Å². The molecule has 0 nitrogen and oxygen atoms in total. The van der Waals surface area contributed by atoms with Crippen molar-refractivity contribution in [2.24, 2.45) is 0 Å². The van der Waals surface area contributed by atoms with Gasteiger partial charge in [0.2, 0.25) is 0 Å². The van der Waals surface area contributed by atoms with Gasteiger partial charge in [-0.2, -0.15) is 0 Å². The molecule has 122 valence electrons. The SMILES string of the molecule is Fc1c(F)c(F)c([As](c2ccccc2)c2ccccc2)c(Br)c1F. The first-order chi connectivity index (χ1) is 11.5. The van der Waals surface area contributed by atoms with E-state index in [0.29, 0.717) is 0 Å².